The summed E-state index contributed by atoms with van der Waals surface area (Å²) in [6.07, 6.45) is 0.889. The normalized spacial score (nSPS) is 26.2. The number of hydrogen-bond donors (Lipinski definition) is 1. The Morgan fingerprint density at radius 3 is 2.39 bits per heavy atom. The van der Waals surface area contributed by atoms with Crippen LogP contribution in [0, 0.1) is 12.8 Å². The number of nitrogens with zero attached hydrogens (tertiary/aromatic N) is 1. The molecule has 0 radical (unpaired) electrons. The molecule has 0 bridgehead atoms. The third kappa shape index (κ3) is 2.74. The van der Waals surface area contributed by atoms with Gasteiger partial charge in [-0.05, 0) is 31.4 Å². The van der Waals surface area contributed by atoms with Crippen LogP contribution in [0.15, 0.2) is 29.2 Å². The van der Waals surface area contributed by atoms with E-state index < -0.39 is 10.0 Å². The molecule has 1 saturated heterocycles. The minimum absolute atomic E-state index is 0.0611. The number of rotatable bonds is 2. The molecule has 2 rings (SSSR count). The Labute approximate surface area is 109 Å². The molecule has 1 aliphatic rings. The van der Waals surface area contributed by atoms with E-state index in [4.69, 9.17) is 5.73 Å². The van der Waals surface area contributed by atoms with Crippen LogP contribution in [0.1, 0.15) is 18.9 Å². The van der Waals surface area contributed by atoms with Gasteiger partial charge in [0.25, 0.3) is 0 Å². The van der Waals surface area contributed by atoms with Crippen LogP contribution >= 0.6 is 0 Å². The predicted octanol–water partition coefficient (Wildman–Crippen LogP) is 1.35. The summed E-state index contributed by atoms with van der Waals surface area (Å²) in [5.74, 6) is 0.314. The number of hydrogen-bond acceptors (Lipinski definition) is 3. The Bertz CT molecular complexity index is 500. The molecule has 0 aliphatic carbocycles. The van der Waals surface area contributed by atoms with Gasteiger partial charge in [-0.1, -0.05) is 24.6 Å². The van der Waals surface area contributed by atoms with Gasteiger partial charge in [-0.2, -0.15) is 4.31 Å². The lowest BCUT2D eigenvalue weighted by Gasteiger charge is -2.33. The van der Waals surface area contributed by atoms with E-state index in [1.54, 1.807) is 12.1 Å². The van der Waals surface area contributed by atoms with Gasteiger partial charge in [0.15, 0.2) is 0 Å². The third-order valence-corrected chi connectivity index (χ3v) is 5.16. The van der Waals surface area contributed by atoms with Crippen LogP contribution in [0.5, 0.6) is 0 Å². The average Bonchev–Trinajstić information content (AvgIpc) is 2.28. The molecule has 1 aromatic carbocycles. The maximum atomic E-state index is 12.5. The summed E-state index contributed by atoms with van der Waals surface area (Å²) in [7, 11) is -3.39. The van der Waals surface area contributed by atoms with Crippen LogP contribution in [0.3, 0.4) is 0 Å². The van der Waals surface area contributed by atoms with Crippen molar-refractivity contribution in [2.45, 2.75) is 31.2 Å². The monoisotopic (exact) mass is 268 g/mol. The highest BCUT2D eigenvalue weighted by Crippen LogP contribution is 2.23. The number of nitrogens with two attached hydrogens (primary N) is 1. The first-order valence-electron chi connectivity index (χ1n) is 6.22. The zero-order valence-corrected chi connectivity index (χ0v) is 11.7. The zero-order valence-electron chi connectivity index (χ0n) is 10.8. The summed E-state index contributed by atoms with van der Waals surface area (Å²) in [6.45, 7) is 4.95. The Hall–Kier alpha value is -0.910. The summed E-state index contributed by atoms with van der Waals surface area (Å²) >= 11 is 0. The van der Waals surface area contributed by atoms with E-state index in [0.29, 0.717) is 23.9 Å². The average molecular weight is 268 g/mol. The number of sulfonamides is 1. The molecule has 0 amide bonds. The van der Waals surface area contributed by atoms with Crippen molar-refractivity contribution in [2.24, 2.45) is 11.7 Å². The second-order valence-corrected chi connectivity index (χ2v) is 7.17. The molecule has 18 heavy (non-hydrogen) atoms. The highest BCUT2D eigenvalue weighted by Gasteiger charge is 2.31. The van der Waals surface area contributed by atoms with Crippen molar-refractivity contribution in [1.82, 2.24) is 4.31 Å². The van der Waals surface area contributed by atoms with Crippen molar-refractivity contribution in [1.29, 1.82) is 0 Å². The minimum Gasteiger partial charge on any atom is -0.326 e. The van der Waals surface area contributed by atoms with Crippen molar-refractivity contribution in [3.63, 3.8) is 0 Å². The van der Waals surface area contributed by atoms with Crippen LogP contribution in [0.2, 0.25) is 0 Å². The molecule has 100 valence electrons. The lowest BCUT2D eigenvalue weighted by Crippen LogP contribution is -2.48. The van der Waals surface area contributed by atoms with Gasteiger partial charge >= 0.3 is 0 Å². The Balaban J connectivity index is 2.28. The van der Waals surface area contributed by atoms with Crippen LogP contribution in [0.4, 0.5) is 0 Å². The van der Waals surface area contributed by atoms with Crippen LogP contribution < -0.4 is 5.73 Å². The standard InChI is InChI=1S/C13H20N2O2S/c1-10-3-5-13(6-4-10)18(16,17)15-8-11(2)7-12(14)9-15/h3-6,11-12H,7-9,14H2,1-2H3. The fourth-order valence-electron chi connectivity index (χ4n) is 2.41. The maximum absolute atomic E-state index is 12.5. The van der Waals surface area contributed by atoms with E-state index in [1.807, 2.05) is 26.0 Å². The van der Waals surface area contributed by atoms with Gasteiger partial charge in [-0.15, -0.1) is 0 Å². The van der Waals surface area contributed by atoms with E-state index in [-0.39, 0.29) is 6.04 Å². The van der Waals surface area contributed by atoms with Crippen molar-refractivity contribution < 1.29 is 8.42 Å². The van der Waals surface area contributed by atoms with Crippen LogP contribution in [0.25, 0.3) is 0 Å². The van der Waals surface area contributed by atoms with Gasteiger partial charge < -0.3 is 5.73 Å². The van der Waals surface area contributed by atoms with Gasteiger partial charge in [-0.3, -0.25) is 0 Å². The number of piperidine rings is 1. The fourth-order valence-corrected chi connectivity index (χ4v) is 4.02. The van der Waals surface area contributed by atoms with Crippen molar-refractivity contribution in [3.05, 3.63) is 29.8 Å². The first kappa shape index (κ1) is 13.5. The smallest absolute Gasteiger partial charge is 0.243 e. The zero-order chi connectivity index (χ0) is 13.3. The molecular weight excluding hydrogens is 248 g/mol. The maximum Gasteiger partial charge on any atom is 0.243 e. The molecule has 2 N–H and O–H groups in total. The second-order valence-electron chi connectivity index (χ2n) is 5.24. The van der Waals surface area contributed by atoms with E-state index in [2.05, 4.69) is 0 Å². The van der Waals surface area contributed by atoms with Crippen LogP contribution in [-0.2, 0) is 10.0 Å². The predicted molar refractivity (Wildman–Crippen MR) is 71.7 cm³/mol. The summed E-state index contributed by atoms with van der Waals surface area (Å²) in [5, 5.41) is 0. The number of benzene rings is 1. The summed E-state index contributed by atoms with van der Waals surface area (Å²) in [6, 6.07) is 6.90. The van der Waals surface area contributed by atoms with Crippen molar-refractivity contribution >= 4 is 10.0 Å². The summed E-state index contributed by atoms with van der Waals surface area (Å²) in [5.41, 5.74) is 6.96. The molecule has 2 unspecified atom stereocenters. The molecule has 0 spiro atoms. The molecular formula is C13H20N2O2S. The van der Waals surface area contributed by atoms with Crippen molar-refractivity contribution in [2.75, 3.05) is 13.1 Å². The molecule has 1 heterocycles. The van der Waals surface area contributed by atoms with Gasteiger partial charge in [-0.25, -0.2) is 8.42 Å². The molecule has 0 saturated carbocycles. The van der Waals surface area contributed by atoms with Gasteiger partial charge in [0.2, 0.25) is 10.0 Å². The van der Waals surface area contributed by atoms with Gasteiger partial charge in [0.1, 0.15) is 0 Å². The summed E-state index contributed by atoms with van der Waals surface area (Å²) < 4.78 is 26.4. The molecule has 2 atom stereocenters. The second kappa shape index (κ2) is 4.99. The largest absolute Gasteiger partial charge is 0.326 e. The van der Waals surface area contributed by atoms with E-state index in [0.717, 1.165) is 12.0 Å². The lowest BCUT2D eigenvalue weighted by molar-refractivity contribution is 0.254. The Kier molecular flexibility index (Phi) is 3.75. The Morgan fingerprint density at radius 1 is 1.22 bits per heavy atom. The van der Waals surface area contributed by atoms with Crippen molar-refractivity contribution in [3.8, 4) is 0 Å². The quantitative estimate of drug-likeness (QED) is 0.880. The van der Waals surface area contributed by atoms with E-state index in [9.17, 15) is 8.42 Å². The molecule has 1 aliphatic heterocycles. The van der Waals surface area contributed by atoms with Gasteiger partial charge in [0.05, 0.1) is 4.90 Å². The molecule has 5 heteroatoms. The first-order chi connectivity index (χ1) is 8.39. The number of aryl methyl sites for hydroxylation is 1. The van der Waals surface area contributed by atoms with Gasteiger partial charge in [0, 0.05) is 19.1 Å². The summed E-state index contributed by atoms with van der Waals surface area (Å²) in [4.78, 5) is 0.356. The molecule has 4 nitrogen and oxygen atoms in total. The van der Waals surface area contributed by atoms with E-state index in [1.165, 1.54) is 4.31 Å². The Morgan fingerprint density at radius 2 is 1.83 bits per heavy atom. The molecule has 1 fully saturated rings. The molecule has 0 aromatic heterocycles. The first-order valence-corrected chi connectivity index (χ1v) is 7.66. The molecule has 1 aromatic rings. The minimum atomic E-state index is -3.39. The van der Waals surface area contributed by atoms with Crippen LogP contribution in [-0.4, -0.2) is 31.9 Å². The highest BCUT2D eigenvalue weighted by molar-refractivity contribution is 7.89. The third-order valence-electron chi connectivity index (χ3n) is 3.32. The lowest BCUT2D eigenvalue weighted by atomic mass is 9.99. The highest BCUT2D eigenvalue weighted by atomic mass is 32.2. The SMILES string of the molecule is Cc1ccc(S(=O)(=O)N2CC(C)CC(N)C2)cc1. The van der Waals surface area contributed by atoms with E-state index >= 15 is 0 Å². The fraction of sp³-hybridized carbons (Fsp3) is 0.538. The topological polar surface area (TPSA) is 63.4 Å².